The number of rotatable bonds is 6. The van der Waals surface area contributed by atoms with Crippen molar-refractivity contribution in [1.82, 2.24) is 15.0 Å². The topological polar surface area (TPSA) is 86.2 Å². The third-order valence-electron chi connectivity index (χ3n) is 4.82. The lowest BCUT2D eigenvalue weighted by Gasteiger charge is -2.12. The zero-order valence-corrected chi connectivity index (χ0v) is 18.0. The number of benzene rings is 2. The lowest BCUT2D eigenvalue weighted by atomic mass is 10.1. The normalized spacial score (nSPS) is 11.0. The van der Waals surface area contributed by atoms with Crippen LogP contribution in [0.1, 0.15) is 16.8 Å². The van der Waals surface area contributed by atoms with Gasteiger partial charge in [0.05, 0.1) is 18.8 Å². The molecule has 7 nitrogen and oxygen atoms in total. The van der Waals surface area contributed by atoms with Gasteiger partial charge < -0.3 is 14.8 Å². The van der Waals surface area contributed by atoms with Crippen LogP contribution in [0.25, 0.3) is 17.0 Å². The van der Waals surface area contributed by atoms with E-state index in [1.807, 2.05) is 62.4 Å². The summed E-state index contributed by atoms with van der Waals surface area (Å²) in [7, 11) is 1.35. The van der Waals surface area contributed by atoms with E-state index in [1.165, 1.54) is 19.5 Å². The van der Waals surface area contributed by atoms with Crippen LogP contribution in [0.2, 0.25) is 0 Å². The van der Waals surface area contributed by atoms with Gasteiger partial charge in [-0.15, -0.1) is 0 Å². The van der Waals surface area contributed by atoms with E-state index in [0.717, 1.165) is 39.2 Å². The molecule has 0 spiro atoms. The van der Waals surface area contributed by atoms with Gasteiger partial charge in [0.25, 0.3) is 0 Å². The predicted octanol–water partition coefficient (Wildman–Crippen LogP) is 5.36. The summed E-state index contributed by atoms with van der Waals surface area (Å²) >= 11 is 0. The molecule has 32 heavy (non-hydrogen) atoms. The Morgan fingerprint density at radius 2 is 1.88 bits per heavy atom. The van der Waals surface area contributed by atoms with Crippen LogP contribution < -0.4 is 10.1 Å². The van der Waals surface area contributed by atoms with Crippen LogP contribution >= 0.6 is 0 Å². The van der Waals surface area contributed by atoms with Crippen molar-refractivity contribution in [2.24, 2.45) is 0 Å². The fraction of sp³-hybridized carbons (Fsp3) is 0.120. The molecule has 0 bridgehead atoms. The Morgan fingerprint density at radius 3 is 2.62 bits per heavy atom. The summed E-state index contributed by atoms with van der Waals surface area (Å²) in [6, 6.07) is 15.3. The Balaban J connectivity index is 1.58. The predicted molar refractivity (Wildman–Crippen MR) is 124 cm³/mol. The minimum Gasteiger partial charge on any atom is -0.466 e. The second kappa shape index (κ2) is 9.26. The molecule has 160 valence electrons. The highest BCUT2D eigenvalue weighted by Crippen LogP contribution is 2.30. The molecule has 0 aliphatic heterocycles. The molecule has 0 aliphatic rings. The average molecular weight is 426 g/mol. The molecule has 4 rings (SSSR count). The molecule has 0 radical (unpaired) electrons. The van der Waals surface area contributed by atoms with Crippen LogP contribution in [0, 0.1) is 13.8 Å². The van der Waals surface area contributed by atoms with E-state index in [0.29, 0.717) is 11.6 Å². The third kappa shape index (κ3) is 4.89. The summed E-state index contributed by atoms with van der Waals surface area (Å²) in [6.07, 6.45) is 6.30. The van der Waals surface area contributed by atoms with Gasteiger partial charge >= 0.3 is 5.97 Å². The number of fused-ring (bicyclic) bond motifs is 1. The van der Waals surface area contributed by atoms with Gasteiger partial charge in [0, 0.05) is 22.8 Å². The molecular weight excluding hydrogens is 404 g/mol. The van der Waals surface area contributed by atoms with Crippen molar-refractivity contribution >= 4 is 34.5 Å². The number of nitrogens with zero attached hydrogens (tertiary/aromatic N) is 3. The van der Waals surface area contributed by atoms with Crippen molar-refractivity contribution in [3.05, 3.63) is 84.0 Å². The number of carbonyl (C=O) groups excluding carboxylic acids is 1. The lowest BCUT2D eigenvalue weighted by Crippen LogP contribution is -1.97. The smallest absolute Gasteiger partial charge is 0.330 e. The molecule has 2 aromatic carbocycles. The molecule has 0 saturated heterocycles. The highest BCUT2D eigenvalue weighted by molar-refractivity contribution is 5.93. The monoisotopic (exact) mass is 426 g/mol. The number of ether oxygens (including phenoxy) is 2. The van der Waals surface area contributed by atoms with E-state index in [-0.39, 0.29) is 0 Å². The number of hydrogen-bond acceptors (Lipinski definition) is 7. The number of anilines is 2. The van der Waals surface area contributed by atoms with Gasteiger partial charge in [0.15, 0.2) is 0 Å². The summed E-state index contributed by atoms with van der Waals surface area (Å²) in [6.45, 7) is 3.92. The Bertz CT molecular complexity index is 1300. The van der Waals surface area contributed by atoms with Gasteiger partial charge in [-0.25, -0.2) is 14.8 Å². The number of hydrogen-bond donors (Lipinski definition) is 1. The maximum Gasteiger partial charge on any atom is 0.330 e. The summed E-state index contributed by atoms with van der Waals surface area (Å²) < 4.78 is 10.6. The van der Waals surface area contributed by atoms with Crippen molar-refractivity contribution in [3.8, 4) is 11.5 Å². The molecule has 1 N–H and O–H groups in total. The van der Waals surface area contributed by atoms with E-state index in [4.69, 9.17) is 4.74 Å². The van der Waals surface area contributed by atoms with Crippen molar-refractivity contribution in [2.75, 3.05) is 12.4 Å². The molecule has 2 aromatic heterocycles. The SMILES string of the molecule is COC(=O)/C=C/c1ccc2ncnc(Nc3ccc(Oc4ccc(C)nc4)c(C)c3)c2c1. The zero-order chi connectivity index (χ0) is 22.5. The van der Waals surface area contributed by atoms with Gasteiger partial charge in [-0.1, -0.05) is 6.07 Å². The number of methoxy groups -OCH3 is 1. The van der Waals surface area contributed by atoms with E-state index >= 15 is 0 Å². The summed E-state index contributed by atoms with van der Waals surface area (Å²) in [4.78, 5) is 24.4. The van der Waals surface area contributed by atoms with Crippen LogP contribution in [0.5, 0.6) is 11.5 Å². The van der Waals surface area contributed by atoms with Gasteiger partial charge in [-0.2, -0.15) is 0 Å². The molecule has 0 atom stereocenters. The first kappa shape index (κ1) is 21.0. The van der Waals surface area contributed by atoms with Crippen molar-refractivity contribution in [1.29, 1.82) is 0 Å². The fourth-order valence-electron chi connectivity index (χ4n) is 3.13. The molecule has 0 aliphatic carbocycles. The van der Waals surface area contributed by atoms with E-state index in [9.17, 15) is 4.79 Å². The molecule has 0 unspecified atom stereocenters. The summed E-state index contributed by atoms with van der Waals surface area (Å²) in [5, 5.41) is 4.19. The molecule has 0 saturated carbocycles. The van der Waals surface area contributed by atoms with Crippen LogP contribution in [-0.4, -0.2) is 28.0 Å². The van der Waals surface area contributed by atoms with Gasteiger partial charge in [0.2, 0.25) is 0 Å². The molecule has 4 aromatic rings. The first-order valence-electron chi connectivity index (χ1n) is 10.0. The first-order chi connectivity index (χ1) is 15.5. The van der Waals surface area contributed by atoms with E-state index < -0.39 is 5.97 Å². The van der Waals surface area contributed by atoms with Crippen LogP contribution in [0.15, 0.2) is 67.1 Å². The number of nitrogens with one attached hydrogen (secondary N) is 1. The fourth-order valence-corrected chi connectivity index (χ4v) is 3.13. The highest BCUT2D eigenvalue weighted by Gasteiger charge is 2.08. The second-order valence-electron chi connectivity index (χ2n) is 7.20. The number of aromatic nitrogens is 3. The minimum atomic E-state index is -0.410. The Labute approximate surface area is 185 Å². The Kier molecular flexibility index (Phi) is 6.07. The van der Waals surface area contributed by atoms with Gasteiger partial charge in [-0.05, 0) is 73.5 Å². The molecule has 7 heteroatoms. The van der Waals surface area contributed by atoms with Crippen molar-refractivity contribution < 1.29 is 14.3 Å². The average Bonchev–Trinajstić information content (AvgIpc) is 2.81. The quantitative estimate of drug-likeness (QED) is 0.328. The number of pyridine rings is 1. The summed E-state index contributed by atoms with van der Waals surface area (Å²) in [5.41, 5.74) is 4.41. The minimum absolute atomic E-state index is 0.410. The largest absolute Gasteiger partial charge is 0.466 e. The zero-order valence-electron chi connectivity index (χ0n) is 18.0. The van der Waals surface area contributed by atoms with Crippen molar-refractivity contribution in [3.63, 3.8) is 0 Å². The standard InChI is InChI=1S/C25H22N4O3/c1-16-12-19(7-10-23(16)32-20-8-4-17(2)26-14-20)29-25-21-13-18(6-11-24(30)31-3)5-9-22(21)27-15-28-25/h4-15H,1-3H3,(H,27,28,29)/b11-6+. The highest BCUT2D eigenvalue weighted by atomic mass is 16.5. The Hall–Kier alpha value is -4.26. The van der Waals surface area contributed by atoms with E-state index in [2.05, 4.69) is 25.0 Å². The van der Waals surface area contributed by atoms with Crippen LogP contribution in [0.3, 0.4) is 0 Å². The molecular formula is C25H22N4O3. The van der Waals surface area contributed by atoms with Crippen molar-refractivity contribution in [2.45, 2.75) is 13.8 Å². The van der Waals surface area contributed by atoms with E-state index in [1.54, 1.807) is 12.3 Å². The summed E-state index contributed by atoms with van der Waals surface area (Å²) in [5.74, 6) is 1.70. The number of aryl methyl sites for hydroxylation is 2. The number of carbonyl (C=O) groups is 1. The van der Waals surface area contributed by atoms with Crippen LogP contribution in [0.4, 0.5) is 11.5 Å². The van der Waals surface area contributed by atoms with Gasteiger partial charge in [-0.3, -0.25) is 4.98 Å². The first-order valence-corrected chi connectivity index (χ1v) is 10.0. The third-order valence-corrected chi connectivity index (χ3v) is 4.82. The lowest BCUT2D eigenvalue weighted by molar-refractivity contribution is -0.134. The van der Waals surface area contributed by atoms with Gasteiger partial charge in [0.1, 0.15) is 23.6 Å². The maximum atomic E-state index is 11.4. The van der Waals surface area contributed by atoms with Crippen LogP contribution in [-0.2, 0) is 9.53 Å². The second-order valence-corrected chi connectivity index (χ2v) is 7.20. The number of esters is 1. The molecule has 2 heterocycles. The maximum absolute atomic E-state index is 11.4. The molecule has 0 amide bonds. The molecule has 0 fully saturated rings. The Morgan fingerprint density at radius 1 is 1.00 bits per heavy atom.